The molecule has 0 saturated heterocycles. The van der Waals surface area contributed by atoms with Crippen LogP contribution in [-0.4, -0.2) is 10.0 Å². The minimum absolute atomic E-state index is 0.121. The first-order valence-electron chi connectivity index (χ1n) is 5.01. The van der Waals surface area contributed by atoms with Crippen LogP contribution in [0.2, 0.25) is 0 Å². The summed E-state index contributed by atoms with van der Waals surface area (Å²) in [6, 6.07) is 5.96. The summed E-state index contributed by atoms with van der Waals surface area (Å²) < 4.78 is 0.974. The Balaban J connectivity index is 2.19. The zero-order chi connectivity index (χ0) is 13.1. The number of nitro benzene ring substituents is 1. The first-order chi connectivity index (χ1) is 8.58. The Bertz CT molecular complexity index is 585. The van der Waals surface area contributed by atoms with Crippen LogP contribution in [0.3, 0.4) is 0 Å². The zero-order valence-corrected chi connectivity index (χ0v) is 11.5. The molecule has 18 heavy (non-hydrogen) atoms. The van der Waals surface area contributed by atoms with Crippen LogP contribution in [0.25, 0.3) is 0 Å². The van der Waals surface area contributed by atoms with Crippen LogP contribution in [0.4, 0.5) is 11.4 Å². The van der Waals surface area contributed by atoms with Crippen LogP contribution in [0.1, 0.15) is 4.88 Å². The van der Waals surface area contributed by atoms with Gasteiger partial charge in [0.05, 0.1) is 17.5 Å². The zero-order valence-electron chi connectivity index (χ0n) is 9.09. The van der Waals surface area contributed by atoms with E-state index in [1.165, 1.54) is 12.1 Å². The predicted molar refractivity (Wildman–Crippen MR) is 74.1 cm³/mol. The number of anilines is 1. The Labute approximate surface area is 115 Å². The Morgan fingerprint density at radius 2 is 2.22 bits per heavy atom. The molecule has 7 heteroatoms. The van der Waals surface area contributed by atoms with Crippen LogP contribution in [0.15, 0.2) is 34.1 Å². The first-order valence-corrected chi connectivity index (χ1v) is 6.68. The smallest absolute Gasteiger partial charge is 0.296 e. The van der Waals surface area contributed by atoms with Gasteiger partial charge in [0.1, 0.15) is 11.4 Å². The third kappa shape index (κ3) is 2.80. The molecule has 0 bridgehead atoms. The van der Waals surface area contributed by atoms with Gasteiger partial charge >= 0.3 is 0 Å². The van der Waals surface area contributed by atoms with Crippen molar-refractivity contribution in [1.82, 2.24) is 0 Å². The normalized spacial score (nSPS) is 10.3. The van der Waals surface area contributed by atoms with Gasteiger partial charge in [-0.2, -0.15) is 0 Å². The number of nitrogens with one attached hydrogen (secondary N) is 1. The highest BCUT2D eigenvalue weighted by Crippen LogP contribution is 2.30. The molecule has 0 amide bonds. The van der Waals surface area contributed by atoms with Crippen molar-refractivity contribution in [2.24, 2.45) is 0 Å². The Kier molecular flexibility index (Phi) is 3.83. The lowest BCUT2D eigenvalue weighted by atomic mass is 10.2. The van der Waals surface area contributed by atoms with Crippen LogP contribution < -0.4 is 5.32 Å². The molecule has 1 aromatic carbocycles. The van der Waals surface area contributed by atoms with Gasteiger partial charge < -0.3 is 10.4 Å². The number of aromatic hydroxyl groups is 1. The molecule has 2 N–H and O–H groups in total. The summed E-state index contributed by atoms with van der Waals surface area (Å²) in [6.45, 7) is 0.490. The van der Waals surface area contributed by atoms with E-state index in [4.69, 9.17) is 0 Å². The SMILES string of the molecule is O=[N+]([O-])c1cc(O)ccc1NCc1sccc1Br. The summed E-state index contributed by atoms with van der Waals surface area (Å²) in [4.78, 5) is 11.4. The molecule has 0 atom stereocenters. The van der Waals surface area contributed by atoms with Crippen LogP contribution >= 0.6 is 27.3 Å². The maximum Gasteiger partial charge on any atom is 0.296 e. The first kappa shape index (κ1) is 12.8. The fourth-order valence-corrected chi connectivity index (χ4v) is 2.88. The van der Waals surface area contributed by atoms with Gasteiger partial charge in [0, 0.05) is 9.35 Å². The molecule has 2 rings (SSSR count). The molecule has 0 aliphatic carbocycles. The summed E-state index contributed by atoms with van der Waals surface area (Å²) in [6.07, 6.45) is 0. The van der Waals surface area contributed by atoms with E-state index in [2.05, 4.69) is 21.2 Å². The maximum atomic E-state index is 10.9. The molecule has 0 fully saturated rings. The van der Waals surface area contributed by atoms with Gasteiger partial charge in [0.25, 0.3) is 5.69 Å². The van der Waals surface area contributed by atoms with Gasteiger partial charge in [0.15, 0.2) is 0 Å². The Morgan fingerprint density at radius 3 is 2.83 bits per heavy atom. The number of phenolic OH excluding ortho intramolecular Hbond substituents is 1. The van der Waals surface area contributed by atoms with E-state index in [0.717, 1.165) is 15.4 Å². The van der Waals surface area contributed by atoms with E-state index < -0.39 is 4.92 Å². The number of halogens is 1. The number of hydrogen-bond donors (Lipinski definition) is 2. The van der Waals surface area contributed by atoms with Crippen molar-refractivity contribution < 1.29 is 10.0 Å². The van der Waals surface area contributed by atoms with Gasteiger partial charge in [0.2, 0.25) is 0 Å². The Morgan fingerprint density at radius 1 is 1.44 bits per heavy atom. The van der Waals surface area contributed by atoms with Crippen molar-refractivity contribution in [2.45, 2.75) is 6.54 Å². The summed E-state index contributed by atoms with van der Waals surface area (Å²) >= 11 is 4.95. The average molecular weight is 329 g/mol. The molecule has 1 heterocycles. The van der Waals surface area contributed by atoms with Gasteiger partial charge in [-0.1, -0.05) is 0 Å². The summed E-state index contributed by atoms with van der Waals surface area (Å²) in [5, 5.41) is 25.0. The number of benzene rings is 1. The van der Waals surface area contributed by atoms with Gasteiger partial charge in [-0.15, -0.1) is 11.3 Å². The maximum absolute atomic E-state index is 10.9. The fourth-order valence-electron chi connectivity index (χ4n) is 1.45. The monoisotopic (exact) mass is 328 g/mol. The van der Waals surface area contributed by atoms with E-state index in [9.17, 15) is 15.2 Å². The van der Waals surface area contributed by atoms with Crippen molar-refractivity contribution in [3.8, 4) is 5.75 Å². The van der Waals surface area contributed by atoms with Crippen molar-refractivity contribution in [1.29, 1.82) is 0 Å². The number of phenols is 1. The lowest BCUT2D eigenvalue weighted by Crippen LogP contribution is -2.01. The third-order valence-corrected chi connectivity index (χ3v) is 4.23. The summed E-state index contributed by atoms with van der Waals surface area (Å²) in [5.74, 6) is -0.121. The standard InChI is InChI=1S/C11H9BrN2O3S/c12-8-3-4-18-11(8)6-13-9-2-1-7(15)5-10(9)14(16)17/h1-5,13,15H,6H2. The molecular weight excluding hydrogens is 320 g/mol. The molecular formula is C11H9BrN2O3S. The number of rotatable bonds is 4. The van der Waals surface area contributed by atoms with E-state index in [0.29, 0.717) is 12.2 Å². The second-order valence-corrected chi connectivity index (χ2v) is 5.36. The Hall–Kier alpha value is -1.60. The van der Waals surface area contributed by atoms with Crippen molar-refractivity contribution in [3.05, 3.63) is 49.1 Å². The molecule has 0 radical (unpaired) electrons. The molecule has 2 aromatic rings. The number of nitro groups is 1. The van der Waals surface area contributed by atoms with Crippen molar-refractivity contribution in [2.75, 3.05) is 5.32 Å². The molecule has 0 aliphatic heterocycles. The minimum atomic E-state index is -0.522. The van der Waals surface area contributed by atoms with Crippen molar-refractivity contribution in [3.63, 3.8) is 0 Å². The number of nitrogens with zero attached hydrogens (tertiary/aromatic N) is 1. The number of thiophene rings is 1. The van der Waals surface area contributed by atoms with Gasteiger partial charge in [-0.05, 0) is 39.5 Å². The number of hydrogen-bond acceptors (Lipinski definition) is 5. The highest BCUT2D eigenvalue weighted by atomic mass is 79.9. The molecule has 5 nitrogen and oxygen atoms in total. The van der Waals surface area contributed by atoms with Crippen molar-refractivity contribution >= 4 is 38.6 Å². The second-order valence-electron chi connectivity index (χ2n) is 3.50. The van der Waals surface area contributed by atoms with Gasteiger partial charge in [-0.3, -0.25) is 10.1 Å². The lowest BCUT2D eigenvalue weighted by Gasteiger charge is -2.06. The van der Waals surface area contributed by atoms with E-state index in [-0.39, 0.29) is 11.4 Å². The van der Waals surface area contributed by atoms with E-state index in [1.54, 1.807) is 11.3 Å². The van der Waals surface area contributed by atoms with Crippen LogP contribution in [0.5, 0.6) is 5.75 Å². The molecule has 94 valence electrons. The topological polar surface area (TPSA) is 75.4 Å². The lowest BCUT2D eigenvalue weighted by molar-refractivity contribution is -0.384. The minimum Gasteiger partial charge on any atom is -0.508 e. The van der Waals surface area contributed by atoms with E-state index >= 15 is 0 Å². The van der Waals surface area contributed by atoms with Gasteiger partial charge in [-0.25, -0.2) is 0 Å². The fraction of sp³-hybridized carbons (Fsp3) is 0.0909. The molecule has 0 spiro atoms. The quantitative estimate of drug-likeness (QED) is 0.509. The van der Waals surface area contributed by atoms with Crippen LogP contribution in [0, 0.1) is 10.1 Å². The van der Waals surface area contributed by atoms with E-state index in [1.807, 2.05) is 11.4 Å². The largest absolute Gasteiger partial charge is 0.508 e. The predicted octanol–water partition coefficient (Wildman–Crippen LogP) is 3.74. The van der Waals surface area contributed by atoms with Crippen LogP contribution in [-0.2, 0) is 6.54 Å². The molecule has 0 saturated carbocycles. The average Bonchev–Trinajstić information content (AvgIpc) is 2.73. The summed E-state index contributed by atoms with van der Waals surface area (Å²) in [7, 11) is 0. The third-order valence-electron chi connectivity index (χ3n) is 2.31. The highest BCUT2D eigenvalue weighted by Gasteiger charge is 2.14. The second kappa shape index (κ2) is 5.36. The summed E-state index contributed by atoms with van der Waals surface area (Å²) in [5.41, 5.74) is 0.251. The molecule has 0 aliphatic rings. The highest BCUT2D eigenvalue weighted by molar-refractivity contribution is 9.10. The molecule has 1 aromatic heterocycles. The molecule has 0 unspecified atom stereocenters.